The average molecular weight is 286 g/mol. The summed E-state index contributed by atoms with van der Waals surface area (Å²) < 4.78 is 0. The Morgan fingerprint density at radius 1 is 0.800 bits per heavy atom. The molecular weight excluding hydrogens is 256 g/mol. The average Bonchev–Trinajstić information content (AvgIpc) is 2.41. The zero-order valence-electron chi connectivity index (χ0n) is 13.0. The summed E-state index contributed by atoms with van der Waals surface area (Å²) in [5.41, 5.74) is -0.526. The molecule has 0 bridgehead atoms. The minimum Gasteiger partial charge on any atom is -0.481 e. The third kappa shape index (κ3) is 7.51. The van der Waals surface area contributed by atoms with E-state index in [0.717, 1.165) is 51.4 Å². The van der Waals surface area contributed by atoms with Gasteiger partial charge in [0.1, 0.15) is 0 Å². The molecule has 0 spiro atoms. The van der Waals surface area contributed by atoms with Gasteiger partial charge in [0.25, 0.3) is 0 Å². The monoisotopic (exact) mass is 286 g/mol. The Balaban J connectivity index is 3.60. The molecule has 118 valence electrons. The normalized spacial score (nSPS) is 11.5. The van der Waals surface area contributed by atoms with Gasteiger partial charge in [-0.15, -0.1) is 0 Å². The Hall–Kier alpha value is -1.06. The van der Waals surface area contributed by atoms with E-state index in [1.54, 1.807) is 0 Å². The smallest absolute Gasteiger partial charge is 0.309 e. The number of aliphatic carboxylic acids is 2. The first kappa shape index (κ1) is 18.9. The van der Waals surface area contributed by atoms with E-state index in [4.69, 9.17) is 5.11 Å². The Morgan fingerprint density at radius 2 is 1.25 bits per heavy atom. The summed E-state index contributed by atoms with van der Waals surface area (Å²) in [6.45, 7) is 3.92. The zero-order chi connectivity index (χ0) is 15.4. The number of carbonyl (C=O) groups is 2. The van der Waals surface area contributed by atoms with Gasteiger partial charge < -0.3 is 10.2 Å². The molecule has 0 heterocycles. The lowest BCUT2D eigenvalue weighted by Gasteiger charge is -2.26. The molecule has 0 aliphatic heterocycles. The Kier molecular flexibility index (Phi) is 10.1. The predicted octanol–water partition coefficient (Wildman–Crippen LogP) is 4.47. The molecule has 0 aliphatic rings. The minimum absolute atomic E-state index is 0.272. The molecule has 0 rings (SSSR count). The number of hydrogen-bond acceptors (Lipinski definition) is 2. The summed E-state index contributed by atoms with van der Waals surface area (Å²) in [6, 6.07) is 0. The molecule has 2 N–H and O–H groups in total. The maximum Gasteiger partial charge on any atom is 0.309 e. The molecule has 4 heteroatoms. The van der Waals surface area contributed by atoms with Crippen molar-refractivity contribution in [3.63, 3.8) is 0 Å². The van der Waals surface area contributed by atoms with Crippen molar-refractivity contribution >= 4 is 11.9 Å². The van der Waals surface area contributed by atoms with E-state index < -0.39 is 17.4 Å². The van der Waals surface area contributed by atoms with Gasteiger partial charge in [0.2, 0.25) is 0 Å². The third-order valence-corrected chi connectivity index (χ3v) is 4.35. The van der Waals surface area contributed by atoms with Crippen LogP contribution in [0.3, 0.4) is 0 Å². The van der Waals surface area contributed by atoms with Crippen LogP contribution in [0.5, 0.6) is 0 Å². The van der Waals surface area contributed by atoms with Gasteiger partial charge in [0.05, 0.1) is 5.41 Å². The first-order valence-electron chi connectivity index (χ1n) is 7.93. The van der Waals surface area contributed by atoms with Crippen molar-refractivity contribution in [3.8, 4) is 0 Å². The van der Waals surface area contributed by atoms with Crippen LogP contribution in [0.15, 0.2) is 0 Å². The van der Waals surface area contributed by atoms with E-state index >= 15 is 0 Å². The maximum atomic E-state index is 11.3. The lowest BCUT2D eigenvalue weighted by molar-refractivity contribution is -0.150. The molecule has 0 atom stereocenters. The van der Waals surface area contributed by atoms with Crippen molar-refractivity contribution in [1.29, 1.82) is 0 Å². The Bertz CT molecular complexity index is 282. The summed E-state index contributed by atoms with van der Waals surface area (Å²) in [5.74, 6) is -1.37. The van der Waals surface area contributed by atoms with Crippen molar-refractivity contribution in [2.45, 2.75) is 84.5 Å². The van der Waals surface area contributed by atoms with Crippen molar-refractivity contribution in [2.75, 3.05) is 0 Å². The van der Waals surface area contributed by atoms with Crippen molar-refractivity contribution in [1.82, 2.24) is 0 Å². The summed E-state index contributed by atoms with van der Waals surface area (Å²) in [5, 5.41) is 17.8. The zero-order valence-corrected chi connectivity index (χ0v) is 13.0. The first-order chi connectivity index (χ1) is 9.48. The molecule has 0 aromatic rings. The fourth-order valence-corrected chi connectivity index (χ4v) is 2.64. The van der Waals surface area contributed by atoms with Crippen LogP contribution in [0.2, 0.25) is 0 Å². The van der Waals surface area contributed by atoms with Crippen molar-refractivity contribution in [3.05, 3.63) is 0 Å². The fourth-order valence-electron chi connectivity index (χ4n) is 2.64. The van der Waals surface area contributed by atoms with E-state index in [9.17, 15) is 14.7 Å². The van der Waals surface area contributed by atoms with Gasteiger partial charge in [-0.2, -0.15) is 0 Å². The molecule has 0 aliphatic carbocycles. The van der Waals surface area contributed by atoms with Crippen LogP contribution in [-0.4, -0.2) is 22.2 Å². The lowest BCUT2D eigenvalue weighted by atomic mass is 9.78. The van der Waals surface area contributed by atoms with Crippen LogP contribution in [0, 0.1) is 5.41 Å². The van der Waals surface area contributed by atoms with E-state index in [1.165, 1.54) is 0 Å². The number of rotatable bonds is 13. The Labute approximate surface area is 122 Å². The van der Waals surface area contributed by atoms with E-state index in [1.807, 2.05) is 13.8 Å². The van der Waals surface area contributed by atoms with Gasteiger partial charge in [0, 0.05) is 6.42 Å². The molecule has 0 unspecified atom stereocenters. The fraction of sp³-hybridized carbons (Fsp3) is 0.875. The van der Waals surface area contributed by atoms with Gasteiger partial charge in [-0.05, 0) is 25.7 Å². The highest BCUT2D eigenvalue weighted by Gasteiger charge is 2.33. The molecular formula is C16H30O4. The van der Waals surface area contributed by atoms with Crippen molar-refractivity contribution < 1.29 is 19.8 Å². The van der Waals surface area contributed by atoms with E-state index in [0.29, 0.717) is 12.8 Å². The molecule has 0 saturated carbocycles. The van der Waals surface area contributed by atoms with E-state index in [2.05, 4.69) is 0 Å². The summed E-state index contributed by atoms with van der Waals surface area (Å²) in [6.07, 6.45) is 9.58. The molecule has 0 saturated heterocycles. The van der Waals surface area contributed by atoms with Crippen LogP contribution in [0.25, 0.3) is 0 Å². The summed E-state index contributed by atoms with van der Waals surface area (Å²) >= 11 is 0. The highest BCUT2D eigenvalue weighted by atomic mass is 16.4. The minimum atomic E-state index is -0.714. The molecule has 4 nitrogen and oxygen atoms in total. The van der Waals surface area contributed by atoms with Crippen molar-refractivity contribution in [2.24, 2.45) is 5.41 Å². The van der Waals surface area contributed by atoms with Gasteiger partial charge in [-0.3, -0.25) is 9.59 Å². The number of carboxylic acid groups (broad SMARTS) is 2. The van der Waals surface area contributed by atoms with Crippen LogP contribution in [0.1, 0.15) is 84.5 Å². The quantitative estimate of drug-likeness (QED) is 0.490. The summed E-state index contributed by atoms with van der Waals surface area (Å²) in [4.78, 5) is 21.7. The molecule has 0 amide bonds. The number of unbranched alkanes of at least 4 members (excludes halogenated alkanes) is 6. The topological polar surface area (TPSA) is 74.6 Å². The predicted molar refractivity (Wildman–Crippen MR) is 79.8 cm³/mol. The largest absolute Gasteiger partial charge is 0.481 e. The maximum absolute atomic E-state index is 11.3. The molecule has 0 aromatic carbocycles. The molecule has 0 aromatic heterocycles. The van der Waals surface area contributed by atoms with Crippen LogP contribution >= 0.6 is 0 Å². The van der Waals surface area contributed by atoms with E-state index in [-0.39, 0.29) is 6.42 Å². The lowest BCUT2D eigenvalue weighted by Crippen LogP contribution is -2.29. The van der Waals surface area contributed by atoms with Crippen LogP contribution < -0.4 is 0 Å². The molecule has 0 radical (unpaired) electrons. The molecule has 0 fully saturated rings. The highest BCUT2D eigenvalue weighted by Crippen LogP contribution is 2.33. The Morgan fingerprint density at radius 3 is 1.65 bits per heavy atom. The summed E-state index contributed by atoms with van der Waals surface area (Å²) in [7, 11) is 0. The van der Waals surface area contributed by atoms with Gasteiger partial charge in [-0.1, -0.05) is 52.4 Å². The second-order valence-electron chi connectivity index (χ2n) is 5.66. The third-order valence-electron chi connectivity index (χ3n) is 4.35. The first-order valence-corrected chi connectivity index (χ1v) is 7.93. The van der Waals surface area contributed by atoms with Crippen LogP contribution in [0.4, 0.5) is 0 Å². The number of hydrogen-bond donors (Lipinski definition) is 2. The second kappa shape index (κ2) is 10.7. The van der Waals surface area contributed by atoms with Gasteiger partial charge in [0.15, 0.2) is 0 Å². The second-order valence-corrected chi connectivity index (χ2v) is 5.66. The van der Waals surface area contributed by atoms with Gasteiger partial charge in [-0.25, -0.2) is 0 Å². The highest BCUT2D eigenvalue weighted by molar-refractivity contribution is 5.74. The van der Waals surface area contributed by atoms with Gasteiger partial charge >= 0.3 is 11.9 Å². The molecule has 20 heavy (non-hydrogen) atoms. The van der Waals surface area contributed by atoms with Crippen LogP contribution in [-0.2, 0) is 9.59 Å². The SMILES string of the molecule is CCC(CC)(CCCCCCCCCC(=O)O)C(=O)O. The standard InChI is InChI=1S/C16H30O4/c1-3-16(4-2,15(19)20)13-11-9-7-5-6-8-10-12-14(17)18/h3-13H2,1-2H3,(H,17,18)(H,19,20). The number of carboxylic acids is 2.